The first-order valence-electron chi connectivity index (χ1n) is 12.3. The van der Waals surface area contributed by atoms with E-state index in [4.69, 9.17) is 13.9 Å². The van der Waals surface area contributed by atoms with E-state index >= 15 is 0 Å². The van der Waals surface area contributed by atoms with Crippen LogP contribution < -0.4 is 15.1 Å². The highest BCUT2D eigenvalue weighted by molar-refractivity contribution is 5.83. The molecule has 1 unspecified atom stereocenters. The van der Waals surface area contributed by atoms with E-state index in [1.807, 2.05) is 44.2 Å². The number of rotatable bonds is 5. The number of aromatic hydroxyl groups is 1. The van der Waals surface area contributed by atoms with Gasteiger partial charge < -0.3 is 23.9 Å². The Balaban J connectivity index is 1.55. The van der Waals surface area contributed by atoms with Gasteiger partial charge in [-0.05, 0) is 49.2 Å². The normalized spacial score (nSPS) is 20.0. The summed E-state index contributed by atoms with van der Waals surface area (Å²) >= 11 is 0. The van der Waals surface area contributed by atoms with Gasteiger partial charge in [-0.3, -0.25) is 4.79 Å². The van der Waals surface area contributed by atoms with Gasteiger partial charge in [0.25, 0.3) is 5.76 Å². The van der Waals surface area contributed by atoms with Crippen LogP contribution in [0.25, 0.3) is 22.1 Å². The molecule has 9 heteroatoms. The Morgan fingerprint density at radius 1 is 0.947 bits per heavy atom. The number of fused-ring (bicyclic) bond motifs is 1. The Bertz CT molecular complexity index is 1490. The van der Waals surface area contributed by atoms with E-state index < -0.39 is 23.1 Å². The standard InChI is InChI=1S/C29H26F3NO5/c1-17-14-33(15-18(2)36-17)16-23-24(34)13-12-22-25(35)27(28(29(30,31)32)38-26(22)23)37-21-10-8-20(9-11-21)19-6-4-3-5-7-19/h3-13,17-18,34H,14-16H2,1-2H3/p+1/t17-,18+. The van der Waals surface area contributed by atoms with E-state index in [0.717, 1.165) is 16.0 Å². The number of benzene rings is 3. The van der Waals surface area contributed by atoms with Crippen LogP contribution in [-0.2, 0) is 17.5 Å². The third-order valence-corrected chi connectivity index (χ3v) is 6.58. The van der Waals surface area contributed by atoms with Crippen molar-refractivity contribution in [2.24, 2.45) is 0 Å². The van der Waals surface area contributed by atoms with E-state index in [1.165, 1.54) is 24.3 Å². The van der Waals surface area contributed by atoms with Crippen LogP contribution in [0.4, 0.5) is 13.2 Å². The summed E-state index contributed by atoms with van der Waals surface area (Å²) in [5.41, 5.74) is 0.645. The summed E-state index contributed by atoms with van der Waals surface area (Å²) in [6, 6.07) is 18.4. The van der Waals surface area contributed by atoms with Crippen molar-refractivity contribution in [1.82, 2.24) is 0 Å². The van der Waals surface area contributed by atoms with E-state index in [1.54, 1.807) is 12.1 Å². The first kappa shape index (κ1) is 25.8. The van der Waals surface area contributed by atoms with Crippen molar-refractivity contribution < 1.29 is 37.1 Å². The molecule has 38 heavy (non-hydrogen) atoms. The number of phenolic OH excluding ortho intramolecular Hbond substituents is 1. The molecule has 2 heterocycles. The SMILES string of the molecule is C[C@@H]1C[NH+](Cc2c(O)ccc3c(=O)c(Oc4ccc(-c5ccccc5)cc4)c(C(F)(F)F)oc23)C[C@H](C)O1. The molecule has 3 atom stereocenters. The maximum atomic E-state index is 14.1. The summed E-state index contributed by atoms with van der Waals surface area (Å²) < 4.78 is 59.0. The Morgan fingerprint density at radius 2 is 1.58 bits per heavy atom. The van der Waals surface area contributed by atoms with Crippen LogP contribution in [0.15, 0.2) is 75.9 Å². The fraction of sp³-hybridized carbons (Fsp3) is 0.276. The second-order valence-electron chi connectivity index (χ2n) is 9.61. The van der Waals surface area contributed by atoms with Gasteiger partial charge in [0.15, 0.2) is 5.58 Å². The van der Waals surface area contributed by atoms with Crippen LogP contribution in [0.1, 0.15) is 25.2 Å². The van der Waals surface area contributed by atoms with Crippen molar-refractivity contribution in [3.8, 4) is 28.4 Å². The highest BCUT2D eigenvalue weighted by Gasteiger charge is 2.41. The third-order valence-electron chi connectivity index (χ3n) is 6.58. The zero-order valence-corrected chi connectivity index (χ0v) is 20.8. The van der Waals surface area contributed by atoms with Gasteiger partial charge >= 0.3 is 6.18 Å². The van der Waals surface area contributed by atoms with Crippen molar-refractivity contribution in [2.45, 2.75) is 38.8 Å². The molecule has 5 rings (SSSR count). The van der Waals surface area contributed by atoms with Crippen molar-refractivity contribution in [1.29, 1.82) is 0 Å². The van der Waals surface area contributed by atoms with Gasteiger partial charge in [0, 0.05) is 0 Å². The Hall–Kier alpha value is -3.82. The number of hydrogen-bond donors (Lipinski definition) is 2. The molecular weight excluding hydrogens is 499 g/mol. The molecule has 3 aromatic carbocycles. The molecule has 0 spiro atoms. The molecule has 1 aliphatic rings. The van der Waals surface area contributed by atoms with Crippen LogP contribution in [0.2, 0.25) is 0 Å². The highest BCUT2D eigenvalue weighted by atomic mass is 19.4. The fourth-order valence-corrected chi connectivity index (χ4v) is 4.98. The monoisotopic (exact) mass is 526 g/mol. The zero-order valence-electron chi connectivity index (χ0n) is 20.8. The fourth-order valence-electron chi connectivity index (χ4n) is 4.98. The Kier molecular flexibility index (Phi) is 6.90. The average Bonchev–Trinajstić information content (AvgIpc) is 2.87. The smallest absolute Gasteiger partial charge is 0.453 e. The molecule has 1 saturated heterocycles. The van der Waals surface area contributed by atoms with Crippen molar-refractivity contribution >= 4 is 11.0 Å². The number of halogens is 3. The molecule has 0 saturated carbocycles. The Labute approximate surface area is 216 Å². The van der Waals surface area contributed by atoms with Crippen LogP contribution in [-0.4, -0.2) is 30.4 Å². The molecule has 4 aromatic rings. The van der Waals surface area contributed by atoms with Crippen LogP contribution in [0, 0.1) is 0 Å². The van der Waals surface area contributed by atoms with E-state index in [0.29, 0.717) is 13.1 Å². The molecule has 1 aliphatic heterocycles. The molecule has 0 amide bonds. The highest BCUT2D eigenvalue weighted by Crippen LogP contribution is 2.40. The lowest BCUT2D eigenvalue weighted by atomic mass is 10.1. The average molecular weight is 527 g/mol. The molecule has 6 nitrogen and oxygen atoms in total. The molecular formula is C29H27F3NO5+. The minimum Gasteiger partial charge on any atom is -0.507 e. The topological polar surface area (TPSA) is 73.3 Å². The van der Waals surface area contributed by atoms with Crippen LogP contribution in [0.5, 0.6) is 17.2 Å². The van der Waals surface area contributed by atoms with Crippen molar-refractivity contribution in [2.75, 3.05) is 13.1 Å². The zero-order chi connectivity index (χ0) is 27.0. The summed E-state index contributed by atoms with van der Waals surface area (Å²) in [5, 5.41) is 10.5. The summed E-state index contributed by atoms with van der Waals surface area (Å²) in [4.78, 5) is 14.3. The van der Waals surface area contributed by atoms with Gasteiger partial charge in [-0.25, -0.2) is 0 Å². The van der Waals surface area contributed by atoms with Gasteiger partial charge in [-0.2, -0.15) is 13.2 Å². The molecule has 198 valence electrons. The summed E-state index contributed by atoms with van der Waals surface area (Å²) in [7, 11) is 0. The minimum absolute atomic E-state index is 0.0570. The summed E-state index contributed by atoms with van der Waals surface area (Å²) in [6.07, 6.45) is -5.13. The molecule has 0 aliphatic carbocycles. The molecule has 2 N–H and O–H groups in total. The lowest BCUT2D eigenvalue weighted by Crippen LogP contribution is -3.14. The van der Waals surface area contributed by atoms with E-state index in [9.17, 15) is 23.1 Å². The molecule has 0 bridgehead atoms. The first-order chi connectivity index (χ1) is 18.1. The van der Waals surface area contributed by atoms with Gasteiger partial charge in [0.1, 0.15) is 43.3 Å². The predicted octanol–water partition coefficient (Wildman–Crippen LogP) is 5.17. The summed E-state index contributed by atoms with van der Waals surface area (Å²) in [5.74, 6) is -2.68. The van der Waals surface area contributed by atoms with E-state index in [2.05, 4.69) is 0 Å². The van der Waals surface area contributed by atoms with Crippen molar-refractivity contribution in [3.05, 3.63) is 88.3 Å². The van der Waals surface area contributed by atoms with Crippen molar-refractivity contribution in [3.63, 3.8) is 0 Å². The predicted molar refractivity (Wildman–Crippen MR) is 136 cm³/mol. The number of hydrogen-bond acceptors (Lipinski definition) is 5. The second-order valence-corrected chi connectivity index (χ2v) is 9.61. The maximum Gasteiger partial charge on any atom is 0.453 e. The second kappa shape index (κ2) is 10.2. The van der Waals surface area contributed by atoms with Crippen LogP contribution in [0.3, 0.4) is 0 Å². The van der Waals surface area contributed by atoms with Gasteiger partial charge in [0.2, 0.25) is 11.2 Å². The van der Waals surface area contributed by atoms with E-state index in [-0.39, 0.29) is 46.8 Å². The quantitative estimate of drug-likeness (QED) is 0.376. The lowest BCUT2D eigenvalue weighted by Gasteiger charge is -2.32. The lowest BCUT2D eigenvalue weighted by molar-refractivity contribution is -0.928. The number of phenols is 1. The minimum atomic E-state index is -5.01. The Morgan fingerprint density at radius 3 is 2.21 bits per heavy atom. The number of quaternary nitrogens is 1. The largest absolute Gasteiger partial charge is 0.507 e. The number of nitrogens with one attached hydrogen (secondary N) is 1. The number of ether oxygens (including phenoxy) is 2. The molecule has 0 radical (unpaired) electrons. The molecule has 1 aromatic heterocycles. The number of alkyl halides is 3. The molecule has 1 fully saturated rings. The van der Waals surface area contributed by atoms with Gasteiger partial charge in [0.05, 0.1) is 10.9 Å². The summed E-state index contributed by atoms with van der Waals surface area (Å²) in [6.45, 7) is 5.18. The number of morpholine rings is 1. The van der Waals surface area contributed by atoms with Gasteiger partial charge in [-0.1, -0.05) is 42.5 Å². The van der Waals surface area contributed by atoms with Crippen LogP contribution >= 0.6 is 0 Å². The first-order valence-corrected chi connectivity index (χ1v) is 12.3. The van der Waals surface area contributed by atoms with Gasteiger partial charge in [-0.15, -0.1) is 0 Å². The maximum absolute atomic E-state index is 14.1. The third kappa shape index (κ3) is 5.25.